The maximum atomic E-state index is 12.3. The Bertz CT molecular complexity index is 872. The number of rotatable bonds is 2. The Morgan fingerprint density at radius 3 is 2.43 bits per heavy atom. The van der Waals surface area contributed by atoms with Crippen LogP contribution in [0.2, 0.25) is 0 Å². The highest BCUT2D eigenvalue weighted by Gasteiger charge is 2.23. The lowest BCUT2D eigenvalue weighted by molar-refractivity contribution is 0.0544. The molecule has 0 bridgehead atoms. The van der Waals surface area contributed by atoms with Gasteiger partial charge < -0.3 is 9.84 Å². The fourth-order valence-corrected chi connectivity index (χ4v) is 3.53. The summed E-state index contributed by atoms with van der Waals surface area (Å²) in [4.78, 5) is 12.4. The Hall–Kier alpha value is -1.86. The van der Waals surface area contributed by atoms with Gasteiger partial charge in [-0.05, 0) is 45.4 Å². The Morgan fingerprint density at radius 2 is 1.96 bits per heavy atom. The maximum absolute atomic E-state index is 12.3. The summed E-state index contributed by atoms with van der Waals surface area (Å²) in [5.74, 6) is 0. The Balaban J connectivity index is 2.73. The van der Waals surface area contributed by atoms with Crippen LogP contribution in [0.15, 0.2) is 23.2 Å². The minimum atomic E-state index is -3.48. The van der Waals surface area contributed by atoms with E-state index in [1.165, 1.54) is 16.8 Å². The normalized spacial score (nSPS) is 12.6. The van der Waals surface area contributed by atoms with Crippen molar-refractivity contribution in [2.24, 2.45) is 0 Å². The van der Waals surface area contributed by atoms with E-state index in [2.05, 4.69) is 0 Å². The predicted octanol–water partition coefficient (Wildman–Crippen LogP) is 2.63. The number of aliphatic hydroxyl groups excluding tert-OH is 1. The number of fused-ring (bicyclic) bond motifs is 1. The number of nitrogens with zero attached hydrogens (tertiary/aromatic N) is 1. The SMILES string of the molecule is Cc1cc(S(C)(=O)=O)c(CO)c2ccn(C(=O)OC(C)(C)C)c12. The molecule has 0 aliphatic heterocycles. The third-order valence-corrected chi connectivity index (χ3v) is 4.54. The summed E-state index contributed by atoms with van der Waals surface area (Å²) in [5.41, 5.74) is 0.799. The first-order valence-corrected chi connectivity index (χ1v) is 9.02. The fraction of sp³-hybridized carbons (Fsp3) is 0.438. The second kappa shape index (κ2) is 5.65. The first kappa shape index (κ1) is 17.5. The van der Waals surface area contributed by atoms with Crippen LogP contribution >= 0.6 is 0 Å². The van der Waals surface area contributed by atoms with Gasteiger partial charge in [0, 0.05) is 23.4 Å². The van der Waals surface area contributed by atoms with Crippen LogP contribution in [0, 0.1) is 6.92 Å². The summed E-state index contributed by atoms with van der Waals surface area (Å²) in [6, 6.07) is 3.09. The van der Waals surface area contributed by atoms with Crippen molar-refractivity contribution in [3.05, 3.63) is 29.5 Å². The molecule has 1 heterocycles. The third kappa shape index (κ3) is 3.40. The summed E-state index contributed by atoms with van der Waals surface area (Å²) in [6.07, 6.45) is 2.07. The van der Waals surface area contributed by atoms with E-state index in [1.54, 1.807) is 33.8 Å². The highest BCUT2D eigenvalue weighted by Crippen LogP contribution is 2.30. The molecular formula is C16H21NO5S. The topological polar surface area (TPSA) is 85.6 Å². The van der Waals surface area contributed by atoms with Crippen LogP contribution < -0.4 is 0 Å². The van der Waals surface area contributed by atoms with Gasteiger partial charge in [-0.3, -0.25) is 4.57 Å². The van der Waals surface area contributed by atoms with Crippen molar-refractivity contribution in [3.63, 3.8) is 0 Å². The molecule has 1 N–H and O–H groups in total. The zero-order chi connectivity index (χ0) is 17.6. The molecule has 126 valence electrons. The molecule has 2 rings (SSSR count). The molecular weight excluding hydrogens is 318 g/mol. The summed E-state index contributed by atoms with van der Waals surface area (Å²) in [7, 11) is -3.48. The number of benzene rings is 1. The largest absolute Gasteiger partial charge is 0.443 e. The lowest BCUT2D eigenvalue weighted by Gasteiger charge is -2.20. The van der Waals surface area contributed by atoms with Gasteiger partial charge in [0.1, 0.15) is 5.60 Å². The number of sulfone groups is 1. The van der Waals surface area contributed by atoms with Crippen molar-refractivity contribution in [1.82, 2.24) is 4.57 Å². The highest BCUT2D eigenvalue weighted by atomic mass is 32.2. The first-order valence-electron chi connectivity index (χ1n) is 7.13. The molecule has 0 radical (unpaired) electrons. The molecule has 0 spiro atoms. The predicted molar refractivity (Wildman–Crippen MR) is 87.3 cm³/mol. The van der Waals surface area contributed by atoms with E-state index in [9.17, 15) is 18.3 Å². The van der Waals surface area contributed by atoms with Crippen LogP contribution in [0.1, 0.15) is 31.9 Å². The lowest BCUT2D eigenvalue weighted by Crippen LogP contribution is -2.26. The van der Waals surface area contributed by atoms with E-state index in [1.807, 2.05) is 0 Å². The van der Waals surface area contributed by atoms with Crippen LogP contribution in [0.5, 0.6) is 0 Å². The highest BCUT2D eigenvalue weighted by molar-refractivity contribution is 7.90. The molecule has 0 saturated carbocycles. The Labute approximate surface area is 135 Å². The van der Waals surface area contributed by atoms with Gasteiger partial charge in [0.15, 0.2) is 9.84 Å². The molecule has 0 amide bonds. The van der Waals surface area contributed by atoms with E-state index in [0.717, 1.165) is 6.26 Å². The summed E-state index contributed by atoms with van der Waals surface area (Å²) in [6.45, 7) is 6.59. The molecule has 2 aromatic rings. The number of carbonyl (C=O) groups is 1. The van der Waals surface area contributed by atoms with Gasteiger partial charge in [0.05, 0.1) is 17.0 Å². The van der Waals surface area contributed by atoms with Gasteiger partial charge in [-0.25, -0.2) is 13.2 Å². The van der Waals surface area contributed by atoms with Crippen molar-refractivity contribution < 1.29 is 23.1 Å². The standard InChI is InChI=1S/C16H21NO5S/c1-10-8-13(23(5,20)21)12(9-18)11-6-7-17(14(10)11)15(19)22-16(2,3)4/h6-8,18H,9H2,1-5H3. The van der Waals surface area contributed by atoms with Crippen molar-refractivity contribution >= 4 is 26.8 Å². The Kier molecular flexibility index (Phi) is 4.30. The average Bonchev–Trinajstić information content (AvgIpc) is 2.80. The molecule has 0 fully saturated rings. The second-order valence-corrected chi connectivity index (χ2v) is 8.51. The number of aliphatic hydroxyl groups is 1. The Morgan fingerprint density at radius 1 is 1.35 bits per heavy atom. The number of carbonyl (C=O) groups excluding carboxylic acids is 1. The molecule has 6 nitrogen and oxygen atoms in total. The smallest absolute Gasteiger partial charge is 0.419 e. The molecule has 0 unspecified atom stereocenters. The van der Waals surface area contributed by atoms with E-state index in [4.69, 9.17) is 4.74 Å². The molecule has 1 aromatic heterocycles. The van der Waals surface area contributed by atoms with E-state index >= 15 is 0 Å². The molecule has 0 saturated heterocycles. The van der Waals surface area contributed by atoms with Gasteiger partial charge in [-0.1, -0.05) is 0 Å². The minimum Gasteiger partial charge on any atom is -0.443 e. The maximum Gasteiger partial charge on any atom is 0.419 e. The molecule has 0 aliphatic rings. The average molecular weight is 339 g/mol. The number of hydrogen-bond donors (Lipinski definition) is 1. The quantitative estimate of drug-likeness (QED) is 0.909. The third-order valence-electron chi connectivity index (χ3n) is 3.38. The van der Waals surface area contributed by atoms with Crippen LogP contribution in [-0.2, 0) is 21.2 Å². The fourth-order valence-electron chi connectivity index (χ4n) is 2.52. The zero-order valence-electron chi connectivity index (χ0n) is 13.9. The van der Waals surface area contributed by atoms with Crippen molar-refractivity contribution in [1.29, 1.82) is 0 Å². The van der Waals surface area contributed by atoms with Gasteiger partial charge in [-0.15, -0.1) is 0 Å². The molecule has 1 aromatic carbocycles. The lowest BCUT2D eigenvalue weighted by atomic mass is 10.1. The number of aromatic nitrogens is 1. The van der Waals surface area contributed by atoms with Gasteiger partial charge in [-0.2, -0.15) is 0 Å². The van der Waals surface area contributed by atoms with Crippen LogP contribution in [0.3, 0.4) is 0 Å². The van der Waals surface area contributed by atoms with Crippen molar-refractivity contribution in [3.8, 4) is 0 Å². The number of ether oxygens (including phenoxy) is 1. The van der Waals surface area contributed by atoms with E-state index in [-0.39, 0.29) is 10.5 Å². The van der Waals surface area contributed by atoms with Gasteiger partial charge in [0.2, 0.25) is 0 Å². The van der Waals surface area contributed by atoms with Crippen molar-refractivity contribution in [2.45, 2.75) is 44.8 Å². The molecule has 0 aliphatic carbocycles. The van der Waals surface area contributed by atoms with Gasteiger partial charge in [0.25, 0.3) is 0 Å². The van der Waals surface area contributed by atoms with Crippen molar-refractivity contribution in [2.75, 3.05) is 6.26 Å². The van der Waals surface area contributed by atoms with E-state index < -0.39 is 28.1 Å². The molecule has 23 heavy (non-hydrogen) atoms. The van der Waals surface area contributed by atoms with Gasteiger partial charge >= 0.3 is 6.09 Å². The summed E-state index contributed by atoms with van der Waals surface area (Å²) >= 11 is 0. The summed E-state index contributed by atoms with van der Waals surface area (Å²) in [5, 5.41) is 10.1. The number of aryl methyl sites for hydroxylation is 1. The van der Waals surface area contributed by atoms with Crippen LogP contribution in [0.4, 0.5) is 4.79 Å². The number of hydrogen-bond acceptors (Lipinski definition) is 5. The van der Waals surface area contributed by atoms with Crippen LogP contribution in [-0.4, -0.2) is 36.0 Å². The summed E-state index contributed by atoms with van der Waals surface area (Å²) < 4.78 is 30.5. The minimum absolute atomic E-state index is 0.0759. The van der Waals surface area contributed by atoms with E-state index in [0.29, 0.717) is 16.5 Å². The molecule has 7 heteroatoms. The monoisotopic (exact) mass is 339 g/mol. The second-order valence-electron chi connectivity index (χ2n) is 6.53. The zero-order valence-corrected chi connectivity index (χ0v) is 14.7. The van der Waals surface area contributed by atoms with Crippen LogP contribution in [0.25, 0.3) is 10.9 Å². The first-order chi connectivity index (χ1) is 10.5. The molecule has 0 atom stereocenters.